The van der Waals surface area contributed by atoms with Gasteiger partial charge in [-0.3, -0.25) is 14.9 Å². The third-order valence-electron chi connectivity index (χ3n) is 4.65. The van der Waals surface area contributed by atoms with E-state index in [9.17, 15) is 20.0 Å². The van der Waals surface area contributed by atoms with Gasteiger partial charge in [-0.05, 0) is 18.9 Å². The zero-order valence-corrected chi connectivity index (χ0v) is 13.5. The summed E-state index contributed by atoms with van der Waals surface area (Å²) in [7, 11) is 1.65. The van der Waals surface area contributed by atoms with E-state index in [0.29, 0.717) is 5.69 Å². The van der Waals surface area contributed by atoms with Gasteiger partial charge in [0.05, 0.1) is 18.1 Å². The largest absolute Gasteiger partial charge is 0.396 e. The number of nitrogens with zero attached hydrogens (tertiary/aromatic N) is 2. The molecule has 7 nitrogen and oxygen atoms in total. The van der Waals surface area contributed by atoms with Gasteiger partial charge in [0, 0.05) is 24.6 Å². The summed E-state index contributed by atoms with van der Waals surface area (Å²) < 4.78 is 0. The van der Waals surface area contributed by atoms with E-state index in [4.69, 9.17) is 0 Å². The fourth-order valence-corrected chi connectivity index (χ4v) is 3.15. The van der Waals surface area contributed by atoms with Gasteiger partial charge in [0.1, 0.15) is 5.69 Å². The van der Waals surface area contributed by atoms with E-state index in [0.717, 1.165) is 19.3 Å². The lowest BCUT2D eigenvalue weighted by molar-refractivity contribution is -0.384. The molecule has 0 saturated heterocycles. The second kappa shape index (κ2) is 6.95. The summed E-state index contributed by atoms with van der Waals surface area (Å²) in [5.41, 5.74) is 0.0975. The van der Waals surface area contributed by atoms with Crippen LogP contribution in [0.3, 0.4) is 0 Å². The van der Waals surface area contributed by atoms with Gasteiger partial charge in [-0.2, -0.15) is 0 Å². The number of para-hydroxylation sites is 2. The molecule has 2 unspecified atom stereocenters. The van der Waals surface area contributed by atoms with Crippen LogP contribution in [0.2, 0.25) is 0 Å². The Kier molecular flexibility index (Phi) is 5.20. The zero-order valence-electron chi connectivity index (χ0n) is 13.5. The van der Waals surface area contributed by atoms with Crippen LogP contribution in [0.1, 0.15) is 26.2 Å². The van der Waals surface area contributed by atoms with Gasteiger partial charge in [0.25, 0.3) is 5.69 Å². The van der Waals surface area contributed by atoms with Gasteiger partial charge in [-0.1, -0.05) is 25.5 Å². The molecular formula is C16H23N3O4. The molecule has 0 radical (unpaired) electrons. The van der Waals surface area contributed by atoms with Gasteiger partial charge in [0.2, 0.25) is 5.91 Å². The van der Waals surface area contributed by atoms with E-state index in [1.165, 1.54) is 6.07 Å². The number of anilines is 1. The lowest BCUT2D eigenvalue weighted by atomic mass is 9.86. The Labute approximate surface area is 135 Å². The lowest BCUT2D eigenvalue weighted by Gasteiger charge is -2.30. The molecule has 1 amide bonds. The van der Waals surface area contributed by atoms with Crippen LogP contribution in [0, 0.1) is 15.5 Å². The first-order valence-corrected chi connectivity index (χ1v) is 7.72. The fraction of sp³-hybridized carbons (Fsp3) is 0.562. The van der Waals surface area contributed by atoms with E-state index < -0.39 is 4.92 Å². The summed E-state index contributed by atoms with van der Waals surface area (Å²) in [6.45, 7) is 2.04. The summed E-state index contributed by atoms with van der Waals surface area (Å²) in [6, 6.07) is 6.29. The average Bonchev–Trinajstić information content (AvgIpc) is 2.88. The van der Waals surface area contributed by atoms with Crippen molar-refractivity contribution in [2.45, 2.75) is 32.2 Å². The highest BCUT2D eigenvalue weighted by Gasteiger charge is 2.39. The predicted molar refractivity (Wildman–Crippen MR) is 87.3 cm³/mol. The van der Waals surface area contributed by atoms with Crippen molar-refractivity contribution in [3.05, 3.63) is 34.4 Å². The van der Waals surface area contributed by atoms with Crippen LogP contribution in [0.25, 0.3) is 0 Å². The first kappa shape index (κ1) is 17.2. The minimum Gasteiger partial charge on any atom is -0.396 e. The molecule has 2 rings (SSSR count). The molecule has 1 fully saturated rings. The average molecular weight is 321 g/mol. The molecule has 2 N–H and O–H groups in total. The van der Waals surface area contributed by atoms with Crippen LogP contribution < -0.4 is 10.2 Å². The van der Waals surface area contributed by atoms with Crippen molar-refractivity contribution in [2.75, 3.05) is 25.1 Å². The van der Waals surface area contributed by atoms with Crippen molar-refractivity contribution >= 4 is 17.3 Å². The number of nitro benzene ring substituents is 1. The number of nitrogens with one attached hydrogen (secondary N) is 1. The van der Waals surface area contributed by atoms with Crippen LogP contribution in [-0.4, -0.2) is 42.2 Å². The Morgan fingerprint density at radius 1 is 1.52 bits per heavy atom. The number of carbonyl (C=O) groups is 1. The number of aliphatic hydroxyl groups is 1. The summed E-state index contributed by atoms with van der Waals surface area (Å²) in [5.74, 6) is -0.197. The van der Waals surface area contributed by atoms with Crippen LogP contribution in [0.4, 0.5) is 11.4 Å². The molecule has 0 aliphatic heterocycles. The Bertz CT molecular complexity index is 592. The Morgan fingerprint density at radius 3 is 2.87 bits per heavy atom. The maximum absolute atomic E-state index is 12.3. The first-order chi connectivity index (χ1) is 10.9. The van der Waals surface area contributed by atoms with Crippen molar-refractivity contribution in [3.8, 4) is 0 Å². The number of rotatable bonds is 6. The van der Waals surface area contributed by atoms with E-state index >= 15 is 0 Å². The molecule has 1 aliphatic rings. The summed E-state index contributed by atoms with van der Waals surface area (Å²) in [6.07, 6.45) is 2.70. The lowest BCUT2D eigenvalue weighted by Crippen LogP contribution is -2.47. The van der Waals surface area contributed by atoms with Crippen LogP contribution in [-0.2, 0) is 4.79 Å². The van der Waals surface area contributed by atoms with Crippen LogP contribution in [0.15, 0.2) is 24.3 Å². The molecule has 23 heavy (non-hydrogen) atoms. The van der Waals surface area contributed by atoms with E-state index in [2.05, 4.69) is 5.32 Å². The number of likely N-dealkylation sites (N-methyl/N-ethyl adjacent to an activating group) is 1. The van der Waals surface area contributed by atoms with Gasteiger partial charge in [0.15, 0.2) is 0 Å². The molecule has 1 aromatic carbocycles. The van der Waals surface area contributed by atoms with E-state index in [-0.39, 0.29) is 36.2 Å². The van der Waals surface area contributed by atoms with Gasteiger partial charge >= 0.3 is 0 Å². The standard InChI is InChI=1S/C16H23N3O4/c1-16(11-20)9-5-8-14(16)17-15(21)10-18(2)12-6-3-4-7-13(12)19(22)23/h3-4,6-7,14,20H,5,8-11H2,1-2H3,(H,17,21). The minimum atomic E-state index is -0.455. The molecule has 0 spiro atoms. The third kappa shape index (κ3) is 3.79. The number of amides is 1. The molecule has 1 saturated carbocycles. The molecule has 0 aromatic heterocycles. The predicted octanol–water partition coefficient (Wildman–Crippen LogP) is 1.70. The Morgan fingerprint density at radius 2 is 2.22 bits per heavy atom. The van der Waals surface area contributed by atoms with Crippen molar-refractivity contribution in [3.63, 3.8) is 0 Å². The molecule has 0 bridgehead atoms. The molecule has 7 heteroatoms. The molecule has 2 atom stereocenters. The molecular weight excluding hydrogens is 298 g/mol. The minimum absolute atomic E-state index is 0.0242. The maximum atomic E-state index is 12.3. The van der Waals surface area contributed by atoms with Gasteiger partial charge in [-0.15, -0.1) is 0 Å². The van der Waals surface area contributed by atoms with Crippen molar-refractivity contribution in [1.82, 2.24) is 5.32 Å². The highest BCUT2D eigenvalue weighted by atomic mass is 16.6. The number of carbonyl (C=O) groups excluding carboxylic acids is 1. The summed E-state index contributed by atoms with van der Waals surface area (Å²) in [5, 5.41) is 23.6. The zero-order chi connectivity index (χ0) is 17.0. The number of hydrogen-bond acceptors (Lipinski definition) is 5. The highest BCUT2D eigenvalue weighted by Crippen LogP contribution is 2.37. The number of nitro groups is 1. The normalized spacial score (nSPS) is 23.5. The molecule has 1 aliphatic carbocycles. The Balaban J connectivity index is 2.02. The summed E-state index contributed by atoms with van der Waals surface area (Å²) in [4.78, 5) is 24.4. The second-order valence-corrected chi connectivity index (χ2v) is 6.43. The number of benzene rings is 1. The molecule has 0 heterocycles. The van der Waals surface area contributed by atoms with Crippen LogP contribution in [0.5, 0.6) is 0 Å². The monoisotopic (exact) mass is 321 g/mol. The first-order valence-electron chi connectivity index (χ1n) is 7.72. The fourth-order valence-electron chi connectivity index (χ4n) is 3.15. The van der Waals surface area contributed by atoms with Crippen molar-refractivity contribution in [2.24, 2.45) is 5.41 Å². The van der Waals surface area contributed by atoms with Gasteiger partial charge < -0.3 is 15.3 Å². The summed E-state index contributed by atoms with van der Waals surface area (Å²) >= 11 is 0. The number of aliphatic hydroxyl groups excluding tert-OH is 1. The van der Waals surface area contributed by atoms with Gasteiger partial charge in [-0.25, -0.2) is 0 Å². The smallest absolute Gasteiger partial charge is 0.292 e. The van der Waals surface area contributed by atoms with Crippen LogP contribution >= 0.6 is 0 Å². The van der Waals surface area contributed by atoms with E-state index in [1.807, 2.05) is 6.92 Å². The second-order valence-electron chi connectivity index (χ2n) is 6.43. The third-order valence-corrected chi connectivity index (χ3v) is 4.65. The number of hydrogen-bond donors (Lipinski definition) is 2. The van der Waals surface area contributed by atoms with Crippen molar-refractivity contribution < 1.29 is 14.8 Å². The SMILES string of the molecule is CN(CC(=O)NC1CCCC1(C)CO)c1ccccc1[N+](=O)[O-]. The van der Waals surface area contributed by atoms with E-state index in [1.54, 1.807) is 30.1 Å². The molecule has 126 valence electrons. The Hall–Kier alpha value is -2.15. The topological polar surface area (TPSA) is 95.7 Å². The van der Waals surface area contributed by atoms with Crippen molar-refractivity contribution in [1.29, 1.82) is 0 Å². The molecule has 1 aromatic rings. The highest BCUT2D eigenvalue weighted by molar-refractivity contribution is 5.82. The quantitative estimate of drug-likeness (QED) is 0.614. The maximum Gasteiger partial charge on any atom is 0.292 e.